The molecular formula is C24H30N6O6. The number of imidazole rings is 1. The van der Waals surface area contributed by atoms with Gasteiger partial charge in [-0.2, -0.15) is 4.98 Å². The van der Waals surface area contributed by atoms with Crippen LogP contribution in [-0.2, 0) is 29.2 Å². The van der Waals surface area contributed by atoms with Crippen LogP contribution in [0.1, 0.15) is 30.1 Å². The number of aromatic nitrogens is 4. The number of ketones is 1. The molecule has 0 radical (unpaired) electrons. The van der Waals surface area contributed by atoms with Crippen molar-refractivity contribution in [2.45, 2.75) is 45.4 Å². The average molecular weight is 499 g/mol. The number of nitrogens with two attached hydrogens (primary N) is 1. The predicted octanol–water partition coefficient (Wildman–Crippen LogP) is 0.372. The van der Waals surface area contributed by atoms with E-state index in [4.69, 9.17) is 15.2 Å². The van der Waals surface area contributed by atoms with E-state index in [9.17, 15) is 19.2 Å². The highest BCUT2D eigenvalue weighted by atomic mass is 16.5. The predicted molar refractivity (Wildman–Crippen MR) is 133 cm³/mol. The molecule has 0 bridgehead atoms. The summed E-state index contributed by atoms with van der Waals surface area (Å²) < 4.78 is 13.6. The molecule has 4 rings (SSSR count). The number of hydrogen-bond acceptors (Lipinski definition) is 9. The summed E-state index contributed by atoms with van der Waals surface area (Å²) in [5.74, 6) is -0.174. The fraction of sp³-hybridized carbons (Fsp3) is 0.458. The lowest BCUT2D eigenvalue weighted by molar-refractivity contribution is -0.141. The van der Waals surface area contributed by atoms with Crippen LogP contribution in [-0.4, -0.2) is 63.8 Å². The van der Waals surface area contributed by atoms with Crippen molar-refractivity contribution in [1.82, 2.24) is 18.7 Å². The Labute approximate surface area is 206 Å². The molecule has 1 aromatic carbocycles. The Balaban J connectivity index is 1.90. The Hall–Kier alpha value is -3.93. The van der Waals surface area contributed by atoms with E-state index in [0.717, 1.165) is 22.0 Å². The molecule has 3 heterocycles. The third-order valence-corrected chi connectivity index (χ3v) is 6.36. The van der Waals surface area contributed by atoms with Gasteiger partial charge in [0.2, 0.25) is 5.95 Å². The van der Waals surface area contributed by atoms with Gasteiger partial charge in [0.1, 0.15) is 12.3 Å². The number of aryl methyl sites for hydroxylation is 1. The summed E-state index contributed by atoms with van der Waals surface area (Å²) in [4.78, 5) is 58.9. The number of carbonyl (C=O) groups is 2. The highest BCUT2D eigenvalue weighted by molar-refractivity contribution is 5.96. The van der Waals surface area contributed by atoms with Crippen LogP contribution in [0, 0.1) is 0 Å². The van der Waals surface area contributed by atoms with E-state index >= 15 is 0 Å². The number of esters is 1. The molecule has 0 amide bonds. The lowest BCUT2D eigenvalue weighted by Gasteiger charge is -2.31. The molecule has 3 aromatic rings. The fourth-order valence-corrected chi connectivity index (χ4v) is 4.52. The van der Waals surface area contributed by atoms with E-state index in [1.807, 2.05) is 11.8 Å². The number of piperidine rings is 1. The van der Waals surface area contributed by atoms with Crippen LogP contribution in [0.4, 0.5) is 5.95 Å². The van der Waals surface area contributed by atoms with Gasteiger partial charge in [-0.25, -0.2) is 4.79 Å². The maximum atomic E-state index is 13.6. The summed E-state index contributed by atoms with van der Waals surface area (Å²) in [5.41, 5.74) is 5.17. The average Bonchev–Trinajstić information content (AvgIpc) is 3.28. The van der Waals surface area contributed by atoms with Crippen LogP contribution in [0.25, 0.3) is 11.2 Å². The Kier molecular flexibility index (Phi) is 7.25. The summed E-state index contributed by atoms with van der Waals surface area (Å²) in [6, 6.07) is 6.40. The number of nitrogens with zero attached hydrogens (tertiary/aromatic N) is 5. The molecule has 1 unspecified atom stereocenters. The van der Waals surface area contributed by atoms with Crippen LogP contribution < -0.4 is 26.6 Å². The quantitative estimate of drug-likeness (QED) is 0.344. The third kappa shape index (κ3) is 4.63. The maximum Gasteiger partial charge on any atom is 0.333 e. The number of Topliss-reactive ketones (excluding diaryl/α,β-unsaturated/α-hetero) is 1. The number of methoxy groups -OCH3 is 2. The Morgan fingerprint density at radius 3 is 2.58 bits per heavy atom. The first-order chi connectivity index (χ1) is 17.3. The van der Waals surface area contributed by atoms with Crippen molar-refractivity contribution < 1.29 is 19.1 Å². The maximum absolute atomic E-state index is 13.6. The van der Waals surface area contributed by atoms with Crippen molar-refractivity contribution >= 4 is 28.9 Å². The van der Waals surface area contributed by atoms with Crippen LogP contribution in [0.2, 0.25) is 0 Å². The van der Waals surface area contributed by atoms with Crippen LogP contribution in [0.5, 0.6) is 5.75 Å². The lowest BCUT2D eigenvalue weighted by Crippen LogP contribution is -2.44. The molecule has 12 nitrogen and oxygen atoms in total. The number of hydrogen-bond donors (Lipinski definition) is 1. The van der Waals surface area contributed by atoms with E-state index in [1.165, 1.54) is 20.3 Å². The number of carbonyl (C=O) groups excluding carboxylic acids is 2. The highest BCUT2D eigenvalue weighted by Gasteiger charge is 2.27. The lowest BCUT2D eigenvalue weighted by atomic mass is 10.1. The SMILES string of the molecule is CCn1c(N2CCCC(N)C2)nc2c1c(=O)n(CC(=O)c1cccc(OC)c1)c(=O)n2CC(=O)OC. The zero-order chi connectivity index (χ0) is 26.0. The Morgan fingerprint density at radius 1 is 1.14 bits per heavy atom. The monoisotopic (exact) mass is 498 g/mol. The molecular weight excluding hydrogens is 468 g/mol. The molecule has 1 fully saturated rings. The standard InChI is InChI=1S/C24H30N6O6/c1-4-28-20-21(26-23(28)27-10-6-8-16(25)12-27)29(14-19(32)36-3)24(34)30(22(20)33)13-18(31)15-7-5-9-17(11-15)35-2/h5,7,9,11,16H,4,6,8,10,12-14,25H2,1-3H3. The summed E-state index contributed by atoms with van der Waals surface area (Å²) in [6.45, 7) is 2.51. The van der Waals surface area contributed by atoms with E-state index in [-0.39, 0.29) is 22.8 Å². The van der Waals surface area contributed by atoms with E-state index in [2.05, 4.69) is 4.98 Å². The number of rotatable bonds is 8. The van der Waals surface area contributed by atoms with Crippen molar-refractivity contribution in [3.8, 4) is 5.75 Å². The minimum absolute atomic E-state index is 0.0433. The number of benzene rings is 1. The van der Waals surface area contributed by atoms with Gasteiger partial charge < -0.3 is 24.7 Å². The van der Waals surface area contributed by atoms with Crippen molar-refractivity contribution in [3.63, 3.8) is 0 Å². The molecule has 0 spiro atoms. The van der Waals surface area contributed by atoms with Gasteiger partial charge in [-0.1, -0.05) is 12.1 Å². The van der Waals surface area contributed by atoms with E-state index in [1.54, 1.807) is 22.8 Å². The van der Waals surface area contributed by atoms with Crippen molar-refractivity contribution in [3.05, 3.63) is 50.7 Å². The second kappa shape index (κ2) is 10.4. The van der Waals surface area contributed by atoms with Gasteiger partial charge >= 0.3 is 11.7 Å². The molecule has 192 valence electrons. The van der Waals surface area contributed by atoms with Crippen molar-refractivity contribution in [2.24, 2.45) is 5.73 Å². The minimum Gasteiger partial charge on any atom is -0.497 e. The number of fused-ring (bicyclic) bond motifs is 1. The topological polar surface area (TPSA) is 144 Å². The van der Waals surface area contributed by atoms with Crippen molar-refractivity contribution in [1.29, 1.82) is 0 Å². The number of ether oxygens (including phenoxy) is 2. The van der Waals surface area contributed by atoms with Gasteiger partial charge in [0.15, 0.2) is 16.9 Å². The van der Waals surface area contributed by atoms with E-state index in [0.29, 0.717) is 31.3 Å². The first-order valence-electron chi connectivity index (χ1n) is 11.8. The van der Waals surface area contributed by atoms with E-state index < -0.39 is 36.1 Å². The van der Waals surface area contributed by atoms with Gasteiger partial charge in [0.05, 0.1) is 20.8 Å². The molecule has 12 heteroatoms. The smallest absolute Gasteiger partial charge is 0.333 e. The van der Waals surface area contributed by atoms with Crippen LogP contribution in [0.15, 0.2) is 33.9 Å². The van der Waals surface area contributed by atoms with Crippen LogP contribution in [0.3, 0.4) is 0 Å². The molecule has 1 aliphatic rings. The van der Waals surface area contributed by atoms with Crippen LogP contribution >= 0.6 is 0 Å². The van der Waals surface area contributed by atoms with Gasteiger partial charge in [-0.15, -0.1) is 0 Å². The fourth-order valence-electron chi connectivity index (χ4n) is 4.52. The minimum atomic E-state index is -0.822. The molecule has 2 N–H and O–H groups in total. The molecule has 0 saturated carbocycles. The Morgan fingerprint density at radius 2 is 1.92 bits per heavy atom. The molecule has 0 aliphatic carbocycles. The van der Waals surface area contributed by atoms with Gasteiger partial charge in [0, 0.05) is 31.2 Å². The summed E-state index contributed by atoms with van der Waals surface area (Å²) in [6.07, 6.45) is 1.75. The third-order valence-electron chi connectivity index (χ3n) is 6.36. The molecule has 1 atom stereocenters. The zero-order valence-electron chi connectivity index (χ0n) is 20.6. The van der Waals surface area contributed by atoms with Gasteiger partial charge in [0.25, 0.3) is 5.56 Å². The summed E-state index contributed by atoms with van der Waals surface area (Å²) in [5, 5.41) is 0. The highest BCUT2D eigenvalue weighted by Crippen LogP contribution is 2.23. The molecule has 2 aromatic heterocycles. The summed E-state index contributed by atoms with van der Waals surface area (Å²) >= 11 is 0. The molecule has 36 heavy (non-hydrogen) atoms. The second-order valence-corrected chi connectivity index (χ2v) is 8.67. The van der Waals surface area contributed by atoms with Crippen molar-refractivity contribution in [2.75, 3.05) is 32.2 Å². The Bertz CT molecular complexity index is 1420. The second-order valence-electron chi connectivity index (χ2n) is 8.67. The molecule has 1 aliphatic heterocycles. The first kappa shape index (κ1) is 25.2. The zero-order valence-corrected chi connectivity index (χ0v) is 20.6. The largest absolute Gasteiger partial charge is 0.497 e. The number of anilines is 1. The summed E-state index contributed by atoms with van der Waals surface area (Å²) in [7, 11) is 2.68. The first-order valence-corrected chi connectivity index (χ1v) is 11.8. The van der Waals surface area contributed by atoms with Gasteiger partial charge in [-0.05, 0) is 31.9 Å². The molecule has 1 saturated heterocycles. The normalized spacial score (nSPS) is 15.8. The van der Waals surface area contributed by atoms with Gasteiger partial charge in [-0.3, -0.25) is 23.5 Å².